The van der Waals surface area contributed by atoms with Crippen LogP contribution in [-0.4, -0.2) is 46.5 Å². The summed E-state index contributed by atoms with van der Waals surface area (Å²) >= 11 is 1.83. The molecule has 214 valence electrons. The van der Waals surface area contributed by atoms with Crippen LogP contribution in [0.5, 0.6) is 0 Å². The van der Waals surface area contributed by atoms with Crippen LogP contribution in [0.1, 0.15) is 113 Å². The Morgan fingerprint density at radius 1 is 1.00 bits per heavy atom. The number of nitrogens with one attached hydrogen (secondary N) is 2. The number of amides is 3. The lowest BCUT2D eigenvalue weighted by atomic mass is 9.62. The van der Waals surface area contributed by atoms with E-state index < -0.39 is 6.04 Å². The Labute approximate surface area is 238 Å². The highest BCUT2D eigenvalue weighted by Gasteiger charge is 2.41. The van der Waals surface area contributed by atoms with Crippen LogP contribution in [0.3, 0.4) is 0 Å². The third-order valence-electron chi connectivity index (χ3n) is 9.54. The summed E-state index contributed by atoms with van der Waals surface area (Å²) in [6, 6.07) is 5.35. The van der Waals surface area contributed by atoms with Gasteiger partial charge in [0.25, 0.3) is 5.91 Å². The SMILES string of the molecule is CC1CC2CC(C1)CC(C)(NCCCCCCCCSc1cccc3c1CN(C1CCC(=O)NC1=O)C3=O)C2. The lowest BCUT2D eigenvalue weighted by Crippen LogP contribution is -2.52. The Morgan fingerprint density at radius 3 is 2.46 bits per heavy atom. The predicted molar refractivity (Wildman–Crippen MR) is 157 cm³/mol. The number of hydrogen-bond donors (Lipinski definition) is 2. The molecule has 5 rings (SSSR count). The molecule has 2 aliphatic heterocycles. The van der Waals surface area contributed by atoms with Crippen molar-refractivity contribution in [2.24, 2.45) is 17.8 Å². The molecule has 0 spiro atoms. The number of hydrogen-bond acceptors (Lipinski definition) is 5. The van der Waals surface area contributed by atoms with Crippen molar-refractivity contribution in [1.29, 1.82) is 0 Å². The minimum absolute atomic E-state index is 0.0913. The van der Waals surface area contributed by atoms with E-state index in [4.69, 9.17) is 0 Å². The highest BCUT2D eigenvalue weighted by Crippen LogP contribution is 2.46. The molecule has 1 aromatic carbocycles. The van der Waals surface area contributed by atoms with E-state index in [1.165, 1.54) is 70.6 Å². The summed E-state index contributed by atoms with van der Waals surface area (Å²) in [7, 11) is 0. The van der Waals surface area contributed by atoms with E-state index in [0.29, 0.717) is 24.1 Å². The molecule has 4 aliphatic rings. The molecule has 2 saturated carbocycles. The molecular formula is C32H47N3O3S. The maximum atomic E-state index is 13.0. The summed E-state index contributed by atoms with van der Waals surface area (Å²) in [6.07, 6.45) is 15.4. The van der Waals surface area contributed by atoms with E-state index in [2.05, 4.69) is 30.5 Å². The lowest BCUT2D eigenvalue weighted by Gasteiger charge is -2.47. The zero-order valence-corrected chi connectivity index (χ0v) is 24.8. The number of piperidine rings is 1. The fourth-order valence-corrected chi connectivity index (χ4v) is 9.02. The van der Waals surface area contributed by atoms with Gasteiger partial charge in [0.15, 0.2) is 0 Å². The van der Waals surface area contributed by atoms with Crippen LogP contribution < -0.4 is 10.6 Å². The monoisotopic (exact) mass is 553 g/mol. The van der Waals surface area contributed by atoms with Gasteiger partial charge in [-0.25, -0.2) is 0 Å². The number of unbranched alkanes of at least 4 members (excludes halogenated alkanes) is 5. The second-order valence-electron chi connectivity index (χ2n) is 13.1. The summed E-state index contributed by atoms with van der Waals surface area (Å²) in [6.45, 7) is 6.54. The largest absolute Gasteiger partial charge is 0.322 e. The number of fused-ring (bicyclic) bond motifs is 3. The van der Waals surface area contributed by atoms with Gasteiger partial charge in [0.1, 0.15) is 6.04 Å². The molecule has 3 unspecified atom stereocenters. The van der Waals surface area contributed by atoms with Crippen molar-refractivity contribution < 1.29 is 14.4 Å². The molecule has 2 N–H and O–H groups in total. The first-order valence-electron chi connectivity index (χ1n) is 15.5. The number of carbonyl (C=O) groups is 3. The van der Waals surface area contributed by atoms with Gasteiger partial charge in [-0.05, 0) is 106 Å². The smallest absolute Gasteiger partial charge is 0.255 e. The minimum atomic E-state index is -0.551. The second kappa shape index (κ2) is 12.8. The quantitative estimate of drug-likeness (QED) is 0.186. The van der Waals surface area contributed by atoms with Gasteiger partial charge in [-0.15, -0.1) is 11.8 Å². The Bertz CT molecular complexity index is 1040. The third-order valence-corrected chi connectivity index (χ3v) is 10.7. The van der Waals surface area contributed by atoms with Gasteiger partial charge in [0, 0.05) is 29.0 Å². The molecule has 2 aliphatic carbocycles. The maximum Gasteiger partial charge on any atom is 0.255 e. The van der Waals surface area contributed by atoms with Crippen molar-refractivity contribution in [3.05, 3.63) is 29.3 Å². The number of benzene rings is 1. The highest BCUT2D eigenvalue weighted by molar-refractivity contribution is 7.99. The Morgan fingerprint density at radius 2 is 1.72 bits per heavy atom. The zero-order valence-electron chi connectivity index (χ0n) is 23.9. The molecule has 39 heavy (non-hydrogen) atoms. The van der Waals surface area contributed by atoms with Crippen molar-refractivity contribution >= 4 is 29.5 Å². The van der Waals surface area contributed by atoms with Crippen LogP contribution in [0.25, 0.3) is 0 Å². The summed E-state index contributed by atoms with van der Waals surface area (Å²) in [5.74, 6) is 3.19. The molecule has 3 fully saturated rings. The van der Waals surface area contributed by atoms with Gasteiger partial charge in [0.2, 0.25) is 11.8 Å². The number of thioether (sulfide) groups is 1. The molecule has 0 radical (unpaired) electrons. The Balaban J connectivity index is 0.959. The predicted octanol–water partition coefficient (Wildman–Crippen LogP) is 6.07. The molecule has 2 bridgehead atoms. The van der Waals surface area contributed by atoms with Crippen LogP contribution in [0.2, 0.25) is 0 Å². The fourth-order valence-electron chi connectivity index (χ4n) is 7.93. The van der Waals surface area contributed by atoms with E-state index in [-0.39, 0.29) is 24.1 Å². The number of nitrogens with zero attached hydrogens (tertiary/aromatic N) is 1. The normalized spacial score (nSPS) is 30.4. The summed E-state index contributed by atoms with van der Waals surface area (Å²) in [4.78, 5) is 39.6. The first-order valence-corrected chi connectivity index (χ1v) is 16.4. The van der Waals surface area contributed by atoms with Gasteiger partial charge in [0.05, 0.1) is 0 Å². The first kappa shape index (κ1) is 28.7. The van der Waals surface area contributed by atoms with Crippen molar-refractivity contribution in [3.63, 3.8) is 0 Å². The Hall–Kier alpha value is -1.86. The van der Waals surface area contributed by atoms with Gasteiger partial charge in [-0.3, -0.25) is 19.7 Å². The lowest BCUT2D eigenvalue weighted by molar-refractivity contribution is -0.136. The average Bonchev–Trinajstić information content (AvgIpc) is 3.21. The van der Waals surface area contributed by atoms with Crippen LogP contribution in [0.15, 0.2) is 23.1 Å². The van der Waals surface area contributed by atoms with Crippen LogP contribution in [-0.2, 0) is 16.1 Å². The van der Waals surface area contributed by atoms with E-state index in [1.54, 1.807) is 4.90 Å². The van der Waals surface area contributed by atoms with Crippen LogP contribution >= 0.6 is 11.8 Å². The van der Waals surface area contributed by atoms with Gasteiger partial charge in [-0.2, -0.15) is 0 Å². The molecule has 1 aromatic rings. The number of carbonyl (C=O) groups excluding carboxylic acids is 3. The van der Waals surface area contributed by atoms with E-state index in [1.807, 2.05) is 23.9 Å². The first-order chi connectivity index (χ1) is 18.8. The second-order valence-corrected chi connectivity index (χ2v) is 14.2. The minimum Gasteiger partial charge on any atom is -0.322 e. The van der Waals surface area contributed by atoms with Crippen molar-refractivity contribution in [2.75, 3.05) is 12.3 Å². The zero-order chi connectivity index (χ0) is 27.4. The fraction of sp³-hybridized carbons (Fsp3) is 0.719. The van der Waals surface area contributed by atoms with Crippen LogP contribution in [0.4, 0.5) is 0 Å². The summed E-state index contributed by atoms with van der Waals surface area (Å²) < 4.78 is 0. The molecular weight excluding hydrogens is 506 g/mol. The van der Waals surface area contributed by atoms with E-state index in [9.17, 15) is 14.4 Å². The number of imide groups is 1. The van der Waals surface area contributed by atoms with Crippen molar-refractivity contribution in [1.82, 2.24) is 15.5 Å². The highest BCUT2D eigenvalue weighted by atomic mass is 32.2. The standard InChI is InChI=1S/C32H47N3O3S/c1-22-16-23-18-24(17-22)20-32(2,19-23)33-14-7-5-3-4-6-8-15-39-28-11-9-10-25-26(28)21-35(31(25)38)27-12-13-29(36)34-30(27)37/h9-11,22-24,27,33H,3-8,12-21H2,1-2H3,(H,34,36,37). The molecule has 6 nitrogen and oxygen atoms in total. The summed E-state index contributed by atoms with van der Waals surface area (Å²) in [5.41, 5.74) is 2.11. The molecule has 3 atom stereocenters. The van der Waals surface area contributed by atoms with Crippen molar-refractivity contribution in [2.45, 2.75) is 120 Å². The van der Waals surface area contributed by atoms with Gasteiger partial charge < -0.3 is 10.2 Å². The van der Waals surface area contributed by atoms with Crippen molar-refractivity contribution in [3.8, 4) is 0 Å². The summed E-state index contributed by atoms with van der Waals surface area (Å²) in [5, 5.41) is 6.34. The third kappa shape index (κ3) is 7.08. The molecule has 7 heteroatoms. The topological polar surface area (TPSA) is 78.5 Å². The van der Waals surface area contributed by atoms with Gasteiger partial charge in [-0.1, -0.05) is 38.7 Å². The van der Waals surface area contributed by atoms with Gasteiger partial charge >= 0.3 is 0 Å². The van der Waals surface area contributed by atoms with E-state index in [0.717, 1.165) is 40.5 Å². The molecule has 2 heterocycles. The number of rotatable bonds is 12. The van der Waals surface area contributed by atoms with E-state index >= 15 is 0 Å². The average molecular weight is 554 g/mol. The Kier molecular flexibility index (Phi) is 9.38. The molecule has 3 amide bonds. The molecule has 1 saturated heterocycles. The van der Waals surface area contributed by atoms with Crippen LogP contribution in [0, 0.1) is 17.8 Å². The maximum absolute atomic E-state index is 13.0. The molecule has 0 aromatic heterocycles.